The normalized spacial score (nSPS) is 10.4. The number of carbonyl (C=O) groups excluding carboxylic acids is 3. The number of amides is 1. The van der Waals surface area contributed by atoms with Crippen molar-refractivity contribution in [1.82, 2.24) is 10.3 Å². The lowest BCUT2D eigenvalue weighted by atomic mass is 10.1. The first kappa shape index (κ1) is 21.1. The number of ether oxygens (including phenoxy) is 2. The van der Waals surface area contributed by atoms with Gasteiger partial charge in [0.25, 0.3) is 5.91 Å². The van der Waals surface area contributed by atoms with Gasteiger partial charge in [0.15, 0.2) is 6.61 Å². The second-order valence-electron chi connectivity index (χ2n) is 6.11. The van der Waals surface area contributed by atoms with E-state index < -0.39 is 24.5 Å². The first-order chi connectivity index (χ1) is 13.3. The molecular weight excluding hydrogens is 367 g/mol. The van der Waals surface area contributed by atoms with Crippen LogP contribution in [0.25, 0.3) is 0 Å². The molecule has 1 aromatic carbocycles. The second-order valence-corrected chi connectivity index (χ2v) is 6.11. The fraction of sp³-hybridized carbons (Fsp3) is 0.350. The molecular formula is C20H23FN2O5. The SMILES string of the molecule is CCOC(=O)c1[nH]c(C)c(C(=O)OCC(=O)NCCc2ccccc2F)c1C. The Kier molecular flexibility index (Phi) is 7.31. The third-order valence-corrected chi connectivity index (χ3v) is 4.13. The lowest BCUT2D eigenvalue weighted by Crippen LogP contribution is -2.30. The van der Waals surface area contributed by atoms with Crippen molar-refractivity contribution in [3.8, 4) is 0 Å². The fourth-order valence-corrected chi connectivity index (χ4v) is 2.76. The van der Waals surface area contributed by atoms with Gasteiger partial charge in [-0.3, -0.25) is 4.79 Å². The molecule has 2 aromatic rings. The summed E-state index contributed by atoms with van der Waals surface area (Å²) in [5, 5.41) is 2.57. The number of carbonyl (C=O) groups is 3. The number of rotatable bonds is 8. The van der Waals surface area contributed by atoms with Crippen LogP contribution in [0, 0.1) is 19.7 Å². The predicted molar refractivity (Wildman–Crippen MR) is 99.6 cm³/mol. The predicted octanol–water partition coefficient (Wildman–Crippen LogP) is 2.46. The molecule has 8 heteroatoms. The molecule has 0 atom stereocenters. The van der Waals surface area contributed by atoms with Gasteiger partial charge in [0.05, 0.1) is 12.2 Å². The highest BCUT2D eigenvalue weighted by Crippen LogP contribution is 2.19. The third-order valence-electron chi connectivity index (χ3n) is 4.13. The molecule has 0 unspecified atom stereocenters. The summed E-state index contributed by atoms with van der Waals surface area (Å²) in [6, 6.07) is 6.30. The molecule has 0 saturated carbocycles. The number of nitrogens with one attached hydrogen (secondary N) is 2. The van der Waals surface area contributed by atoms with E-state index in [1.54, 1.807) is 39.0 Å². The molecule has 1 amide bonds. The minimum Gasteiger partial charge on any atom is -0.461 e. The lowest BCUT2D eigenvalue weighted by molar-refractivity contribution is -0.124. The summed E-state index contributed by atoms with van der Waals surface area (Å²) in [5.74, 6) is -2.11. The maximum Gasteiger partial charge on any atom is 0.355 e. The van der Waals surface area contributed by atoms with E-state index in [1.165, 1.54) is 6.07 Å². The summed E-state index contributed by atoms with van der Waals surface area (Å²) in [6.45, 7) is 4.86. The Morgan fingerprint density at radius 2 is 1.82 bits per heavy atom. The van der Waals surface area contributed by atoms with Gasteiger partial charge in [-0.1, -0.05) is 18.2 Å². The largest absolute Gasteiger partial charge is 0.461 e. The molecule has 7 nitrogen and oxygen atoms in total. The van der Waals surface area contributed by atoms with E-state index in [1.807, 2.05) is 0 Å². The van der Waals surface area contributed by atoms with E-state index >= 15 is 0 Å². The van der Waals surface area contributed by atoms with Gasteiger partial charge in [-0.25, -0.2) is 14.0 Å². The number of aryl methyl sites for hydroxylation is 1. The fourth-order valence-electron chi connectivity index (χ4n) is 2.76. The molecule has 28 heavy (non-hydrogen) atoms. The highest BCUT2D eigenvalue weighted by atomic mass is 19.1. The first-order valence-electron chi connectivity index (χ1n) is 8.88. The number of aromatic amines is 1. The molecule has 0 fully saturated rings. The zero-order valence-corrected chi connectivity index (χ0v) is 16.1. The van der Waals surface area contributed by atoms with Gasteiger partial charge >= 0.3 is 11.9 Å². The molecule has 0 aliphatic carbocycles. The van der Waals surface area contributed by atoms with Gasteiger partial charge < -0.3 is 19.8 Å². The maximum atomic E-state index is 13.5. The van der Waals surface area contributed by atoms with Crippen LogP contribution in [-0.4, -0.2) is 42.6 Å². The van der Waals surface area contributed by atoms with Crippen LogP contribution in [0.15, 0.2) is 24.3 Å². The van der Waals surface area contributed by atoms with Gasteiger partial charge in [0.1, 0.15) is 11.5 Å². The molecule has 0 aliphatic heterocycles. The van der Waals surface area contributed by atoms with E-state index in [2.05, 4.69) is 10.3 Å². The minimum atomic E-state index is -0.717. The smallest absolute Gasteiger partial charge is 0.355 e. The van der Waals surface area contributed by atoms with Crippen molar-refractivity contribution in [3.63, 3.8) is 0 Å². The van der Waals surface area contributed by atoms with Gasteiger partial charge in [0.2, 0.25) is 0 Å². The first-order valence-corrected chi connectivity index (χ1v) is 8.88. The summed E-state index contributed by atoms with van der Waals surface area (Å²) < 4.78 is 23.5. The molecule has 150 valence electrons. The van der Waals surface area contributed by atoms with Crippen LogP contribution in [0.3, 0.4) is 0 Å². The van der Waals surface area contributed by atoms with Crippen LogP contribution in [0.4, 0.5) is 4.39 Å². The maximum absolute atomic E-state index is 13.5. The van der Waals surface area contributed by atoms with Crippen molar-refractivity contribution in [2.24, 2.45) is 0 Å². The topological polar surface area (TPSA) is 97.5 Å². The van der Waals surface area contributed by atoms with Gasteiger partial charge in [-0.05, 0) is 44.4 Å². The number of halogens is 1. The van der Waals surface area contributed by atoms with Crippen molar-refractivity contribution < 1.29 is 28.2 Å². The Morgan fingerprint density at radius 3 is 2.50 bits per heavy atom. The summed E-state index contributed by atoms with van der Waals surface area (Å²) in [5.41, 5.74) is 1.72. The summed E-state index contributed by atoms with van der Waals surface area (Å²) in [7, 11) is 0. The summed E-state index contributed by atoms with van der Waals surface area (Å²) in [6.07, 6.45) is 0.325. The molecule has 0 saturated heterocycles. The van der Waals surface area contributed by atoms with E-state index in [9.17, 15) is 18.8 Å². The highest BCUT2D eigenvalue weighted by Gasteiger charge is 2.24. The van der Waals surface area contributed by atoms with Crippen molar-refractivity contribution >= 4 is 17.8 Å². The minimum absolute atomic E-state index is 0.181. The number of benzene rings is 1. The Labute approximate surface area is 162 Å². The van der Waals surface area contributed by atoms with Crippen LogP contribution < -0.4 is 5.32 Å². The Hall–Kier alpha value is -3.16. The van der Waals surface area contributed by atoms with Gasteiger partial charge in [-0.2, -0.15) is 0 Å². The van der Waals surface area contributed by atoms with Crippen LogP contribution in [0.2, 0.25) is 0 Å². The Bertz CT molecular complexity index is 875. The second kappa shape index (κ2) is 9.68. The van der Waals surface area contributed by atoms with Crippen LogP contribution in [0.5, 0.6) is 0 Å². The highest BCUT2D eigenvalue weighted by molar-refractivity contribution is 5.99. The van der Waals surface area contributed by atoms with Crippen molar-refractivity contribution in [1.29, 1.82) is 0 Å². The summed E-state index contributed by atoms with van der Waals surface area (Å²) in [4.78, 5) is 38.9. The molecule has 1 heterocycles. The molecule has 2 N–H and O–H groups in total. The van der Waals surface area contributed by atoms with Crippen LogP contribution in [-0.2, 0) is 20.7 Å². The van der Waals surface area contributed by atoms with E-state index in [0.717, 1.165) is 0 Å². The van der Waals surface area contributed by atoms with Gasteiger partial charge in [-0.15, -0.1) is 0 Å². The molecule has 0 aliphatic rings. The number of aromatic nitrogens is 1. The van der Waals surface area contributed by atoms with Gasteiger partial charge in [0, 0.05) is 12.2 Å². The van der Waals surface area contributed by atoms with Crippen molar-refractivity contribution in [2.75, 3.05) is 19.8 Å². The van der Waals surface area contributed by atoms with Crippen LogP contribution >= 0.6 is 0 Å². The molecule has 0 radical (unpaired) electrons. The molecule has 1 aromatic heterocycles. The molecule has 0 bridgehead atoms. The monoisotopic (exact) mass is 390 g/mol. The number of hydrogen-bond donors (Lipinski definition) is 2. The number of hydrogen-bond acceptors (Lipinski definition) is 5. The van der Waals surface area contributed by atoms with Crippen molar-refractivity contribution in [3.05, 3.63) is 58.2 Å². The lowest BCUT2D eigenvalue weighted by Gasteiger charge is -2.08. The Balaban J connectivity index is 1.87. The van der Waals surface area contributed by atoms with Crippen molar-refractivity contribution in [2.45, 2.75) is 27.2 Å². The third kappa shape index (κ3) is 5.18. The summed E-state index contributed by atoms with van der Waals surface area (Å²) >= 11 is 0. The zero-order valence-electron chi connectivity index (χ0n) is 16.1. The Morgan fingerprint density at radius 1 is 1.11 bits per heavy atom. The van der Waals surface area contributed by atoms with Crippen LogP contribution in [0.1, 0.15) is 44.6 Å². The van der Waals surface area contributed by atoms with E-state index in [0.29, 0.717) is 23.2 Å². The average Bonchev–Trinajstić information content (AvgIpc) is 2.96. The van der Waals surface area contributed by atoms with E-state index in [4.69, 9.17) is 9.47 Å². The molecule has 0 spiro atoms. The quantitative estimate of drug-likeness (QED) is 0.675. The standard InChI is InChI=1S/C20H23FN2O5/c1-4-27-20(26)18-12(2)17(13(3)23-18)19(25)28-11-16(24)22-10-9-14-7-5-6-8-15(14)21/h5-8,23H,4,9-11H2,1-3H3,(H,22,24). The molecule has 2 rings (SSSR count). The van der Waals surface area contributed by atoms with E-state index in [-0.39, 0.29) is 30.2 Å². The zero-order chi connectivity index (χ0) is 20.7. The number of H-pyrrole nitrogens is 1. The average molecular weight is 390 g/mol. The number of esters is 2.